The quantitative estimate of drug-likeness (QED) is 0.691. The number of ether oxygens (including phenoxy) is 2. The summed E-state index contributed by atoms with van der Waals surface area (Å²) in [5.41, 5.74) is 1.72. The number of benzene rings is 3. The molecule has 0 spiro atoms. The molecule has 3 aromatic rings. The summed E-state index contributed by atoms with van der Waals surface area (Å²) in [7, 11) is 0. The van der Waals surface area contributed by atoms with Crippen molar-refractivity contribution < 1.29 is 14.6 Å². The second-order valence-corrected chi connectivity index (χ2v) is 6.22. The molecule has 118 valence electrons. The van der Waals surface area contributed by atoms with Gasteiger partial charge in [0.2, 0.25) is 5.79 Å². The number of hydrogen-bond donors (Lipinski definition) is 1. The van der Waals surface area contributed by atoms with Crippen molar-refractivity contribution in [3.8, 4) is 5.75 Å². The number of hydrogen-bond acceptors (Lipinski definition) is 3. The third kappa shape index (κ3) is 1.86. The summed E-state index contributed by atoms with van der Waals surface area (Å²) < 4.78 is 11.6. The van der Waals surface area contributed by atoms with E-state index in [0.717, 1.165) is 38.1 Å². The molecule has 3 aromatic carbocycles. The number of rotatable bonds is 0. The Bertz CT molecular complexity index is 1080. The smallest absolute Gasteiger partial charge is 0.200 e. The first-order chi connectivity index (χ1) is 11.8. The molecule has 0 bridgehead atoms. The highest BCUT2D eigenvalue weighted by molar-refractivity contribution is 5.98. The van der Waals surface area contributed by atoms with E-state index < -0.39 is 5.79 Å². The molecule has 0 saturated heterocycles. The lowest BCUT2D eigenvalue weighted by atomic mass is 9.85. The SMILES string of the molecule is OC12CC=c3ccccc3=C1c1c(ccc3ccccc13)OCO2. The van der Waals surface area contributed by atoms with Gasteiger partial charge in [-0.1, -0.05) is 60.7 Å². The van der Waals surface area contributed by atoms with Gasteiger partial charge in [-0.25, -0.2) is 0 Å². The first-order valence-electron chi connectivity index (χ1n) is 8.08. The Hall–Kier alpha value is -2.62. The van der Waals surface area contributed by atoms with E-state index in [1.165, 1.54) is 0 Å². The molecule has 2 aliphatic rings. The fourth-order valence-electron chi connectivity index (χ4n) is 3.74. The molecule has 1 unspecified atom stereocenters. The molecular weight excluding hydrogens is 300 g/mol. The van der Waals surface area contributed by atoms with Crippen molar-refractivity contribution in [1.82, 2.24) is 0 Å². The Labute approximate surface area is 139 Å². The van der Waals surface area contributed by atoms with Gasteiger partial charge in [0, 0.05) is 17.6 Å². The Morgan fingerprint density at radius 1 is 0.917 bits per heavy atom. The molecule has 0 saturated carbocycles. The molecule has 24 heavy (non-hydrogen) atoms. The summed E-state index contributed by atoms with van der Waals surface area (Å²) in [5.74, 6) is -0.625. The average molecular weight is 316 g/mol. The van der Waals surface area contributed by atoms with Crippen LogP contribution in [-0.2, 0) is 4.74 Å². The first-order valence-corrected chi connectivity index (χ1v) is 8.08. The minimum absolute atomic E-state index is 0.0291. The van der Waals surface area contributed by atoms with Gasteiger partial charge in [0.1, 0.15) is 5.75 Å². The highest BCUT2D eigenvalue weighted by atomic mass is 16.7. The second-order valence-electron chi connectivity index (χ2n) is 6.22. The number of fused-ring (bicyclic) bond motifs is 6. The molecule has 0 amide bonds. The fourth-order valence-corrected chi connectivity index (χ4v) is 3.74. The van der Waals surface area contributed by atoms with Crippen LogP contribution in [0.3, 0.4) is 0 Å². The fraction of sp³-hybridized carbons (Fsp3) is 0.143. The normalized spacial score (nSPS) is 21.8. The molecule has 1 aliphatic carbocycles. The highest BCUT2D eigenvalue weighted by Gasteiger charge is 2.39. The van der Waals surface area contributed by atoms with E-state index >= 15 is 0 Å². The van der Waals surface area contributed by atoms with Crippen molar-refractivity contribution in [2.24, 2.45) is 0 Å². The molecular formula is C21H16O3. The van der Waals surface area contributed by atoms with Gasteiger partial charge in [-0.2, -0.15) is 0 Å². The summed E-state index contributed by atoms with van der Waals surface area (Å²) in [5, 5.41) is 15.5. The second kappa shape index (κ2) is 4.94. The van der Waals surface area contributed by atoms with Crippen molar-refractivity contribution >= 4 is 22.4 Å². The van der Waals surface area contributed by atoms with Crippen molar-refractivity contribution in [2.75, 3.05) is 6.79 Å². The van der Waals surface area contributed by atoms with Crippen LogP contribution < -0.4 is 15.2 Å². The topological polar surface area (TPSA) is 38.7 Å². The van der Waals surface area contributed by atoms with Crippen LogP contribution in [0.1, 0.15) is 12.0 Å². The van der Waals surface area contributed by atoms with Gasteiger partial charge < -0.3 is 14.6 Å². The first kappa shape index (κ1) is 13.8. The predicted octanol–water partition coefficient (Wildman–Crippen LogP) is 2.28. The van der Waals surface area contributed by atoms with Crippen molar-refractivity contribution in [3.05, 3.63) is 76.7 Å². The van der Waals surface area contributed by atoms with E-state index in [0.29, 0.717) is 6.42 Å². The van der Waals surface area contributed by atoms with Crippen molar-refractivity contribution in [2.45, 2.75) is 12.2 Å². The van der Waals surface area contributed by atoms with Crippen LogP contribution in [0.2, 0.25) is 0 Å². The van der Waals surface area contributed by atoms with Crippen LogP contribution in [-0.4, -0.2) is 17.7 Å². The Morgan fingerprint density at radius 3 is 2.71 bits per heavy atom. The third-order valence-corrected chi connectivity index (χ3v) is 4.87. The van der Waals surface area contributed by atoms with Crippen molar-refractivity contribution in [3.63, 3.8) is 0 Å². The van der Waals surface area contributed by atoms with E-state index in [2.05, 4.69) is 18.2 Å². The minimum Gasteiger partial charge on any atom is -0.467 e. The minimum atomic E-state index is -1.37. The van der Waals surface area contributed by atoms with E-state index in [9.17, 15) is 5.11 Å². The molecule has 5 rings (SSSR count). The largest absolute Gasteiger partial charge is 0.467 e. The van der Waals surface area contributed by atoms with Crippen LogP contribution in [0.15, 0.2) is 60.7 Å². The predicted molar refractivity (Wildman–Crippen MR) is 92.8 cm³/mol. The lowest BCUT2D eigenvalue weighted by Crippen LogP contribution is -2.44. The standard InChI is InChI=1S/C21H16O3/c22-21-12-11-15-6-2-4-8-17(15)20(21)19-16-7-3-1-5-14(16)9-10-18(19)23-13-24-21/h1-11,22H,12-13H2. The molecule has 0 aromatic heterocycles. The van der Waals surface area contributed by atoms with E-state index in [-0.39, 0.29) is 6.79 Å². The Balaban J connectivity index is 2.03. The number of aliphatic hydroxyl groups is 1. The van der Waals surface area contributed by atoms with Gasteiger partial charge >= 0.3 is 0 Å². The zero-order chi connectivity index (χ0) is 16.1. The maximum Gasteiger partial charge on any atom is 0.200 e. The summed E-state index contributed by atoms with van der Waals surface area (Å²) in [6, 6.07) is 20.3. The van der Waals surface area contributed by atoms with Crippen molar-refractivity contribution in [1.29, 1.82) is 0 Å². The van der Waals surface area contributed by atoms with Crippen LogP contribution in [0.5, 0.6) is 5.75 Å². The van der Waals surface area contributed by atoms with Gasteiger partial charge in [0.25, 0.3) is 0 Å². The lowest BCUT2D eigenvalue weighted by molar-refractivity contribution is -0.185. The van der Waals surface area contributed by atoms with Crippen LogP contribution in [0.25, 0.3) is 22.4 Å². The molecule has 1 aliphatic heterocycles. The van der Waals surface area contributed by atoms with Gasteiger partial charge in [0.05, 0.1) is 0 Å². The van der Waals surface area contributed by atoms with Gasteiger partial charge in [-0.05, 0) is 27.3 Å². The van der Waals surface area contributed by atoms with Crippen LogP contribution in [0, 0.1) is 0 Å². The lowest BCUT2D eigenvalue weighted by Gasteiger charge is -2.30. The van der Waals surface area contributed by atoms with E-state index in [4.69, 9.17) is 9.47 Å². The molecule has 1 N–H and O–H groups in total. The summed E-state index contributed by atoms with van der Waals surface area (Å²) in [6.45, 7) is 0.0291. The van der Waals surface area contributed by atoms with Crippen LogP contribution >= 0.6 is 0 Å². The van der Waals surface area contributed by atoms with Gasteiger partial charge in [-0.3, -0.25) is 0 Å². The zero-order valence-corrected chi connectivity index (χ0v) is 13.0. The molecule has 3 heteroatoms. The van der Waals surface area contributed by atoms with Gasteiger partial charge in [0.15, 0.2) is 6.79 Å². The average Bonchev–Trinajstić information content (AvgIpc) is 2.78. The van der Waals surface area contributed by atoms with Crippen LogP contribution in [0.4, 0.5) is 0 Å². The molecule has 0 fully saturated rings. The molecule has 1 atom stereocenters. The maximum absolute atomic E-state index is 11.3. The van der Waals surface area contributed by atoms with E-state index in [1.54, 1.807) is 0 Å². The highest BCUT2D eigenvalue weighted by Crippen LogP contribution is 2.42. The van der Waals surface area contributed by atoms with E-state index in [1.807, 2.05) is 48.5 Å². The zero-order valence-electron chi connectivity index (χ0n) is 13.0. The third-order valence-electron chi connectivity index (χ3n) is 4.87. The maximum atomic E-state index is 11.3. The monoisotopic (exact) mass is 316 g/mol. The summed E-state index contributed by atoms with van der Waals surface area (Å²) in [4.78, 5) is 0. The Morgan fingerprint density at radius 2 is 1.75 bits per heavy atom. The molecule has 1 heterocycles. The summed E-state index contributed by atoms with van der Waals surface area (Å²) >= 11 is 0. The molecule has 0 radical (unpaired) electrons. The summed E-state index contributed by atoms with van der Waals surface area (Å²) in [6.07, 6.45) is 2.43. The van der Waals surface area contributed by atoms with Gasteiger partial charge in [-0.15, -0.1) is 0 Å². The molecule has 3 nitrogen and oxygen atoms in total. The Kier molecular flexibility index (Phi) is 2.84.